The highest BCUT2D eigenvalue weighted by Gasteiger charge is 2.34. The molecule has 1 N–H and O–H groups in total. The molecule has 8 heteroatoms. The lowest BCUT2D eigenvalue weighted by Gasteiger charge is -2.18. The second kappa shape index (κ2) is 7.65. The molecule has 1 aromatic heterocycles. The van der Waals surface area contributed by atoms with Gasteiger partial charge in [0.1, 0.15) is 4.88 Å². The number of carbonyl (C=O) groups is 3. The Bertz CT molecular complexity index is 813. The van der Waals surface area contributed by atoms with Crippen LogP contribution < -0.4 is 5.32 Å². The molecule has 1 aliphatic heterocycles. The van der Waals surface area contributed by atoms with E-state index in [9.17, 15) is 14.4 Å². The summed E-state index contributed by atoms with van der Waals surface area (Å²) in [6.07, 6.45) is 2.08. The zero-order valence-electron chi connectivity index (χ0n) is 14.7. The minimum atomic E-state index is -0.266. The fraction of sp³-hybridized carbons (Fsp3) is 0.333. The Morgan fingerprint density at radius 3 is 2.50 bits per heavy atom. The van der Waals surface area contributed by atoms with E-state index in [4.69, 9.17) is 0 Å². The lowest BCUT2D eigenvalue weighted by Crippen LogP contribution is -2.34. The second-order valence-electron chi connectivity index (χ2n) is 5.95. The number of anilines is 1. The molecule has 0 aliphatic carbocycles. The number of amides is 3. The normalized spacial score (nSPS) is 13.1. The van der Waals surface area contributed by atoms with Crippen molar-refractivity contribution in [1.29, 1.82) is 0 Å². The molecule has 0 saturated heterocycles. The van der Waals surface area contributed by atoms with Crippen LogP contribution in [-0.4, -0.2) is 59.2 Å². The molecule has 0 radical (unpaired) electrons. The molecule has 0 unspecified atom stereocenters. The molecule has 0 spiro atoms. The average Bonchev–Trinajstić information content (AvgIpc) is 3.20. The van der Waals surface area contributed by atoms with Gasteiger partial charge >= 0.3 is 0 Å². The van der Waals surface area contributed by atoms with Crippen LogP contribution in [0.25, 0.3) is 0 Å². The molecule has 26 heavy (non-hydrogen) atoms. The Morgan fingerprint density at radius 2 is 1.88 bits per heavy atom. The molecule has 0 bridgehead atoms. The summed E-state index contributed by atoms with van der Waals surface area (Å²) in [6.45, 7) is 3.45. The van der Waals surface area contributed by atoms with Gasteiger partial charge in [0.2, 0.25) is 0 Å². The topological polar surface area (TPSA) is 82.6 Å². The van der Waals surface area contributed by atoms with E-state index in [0.29, 0.717) is 29.0 Å². The third-order valence-corrected chi connectivity index (χ3v) is 5.09. The number of nitrogens with zero attached hydrogens (tertiary/aromatic N) is 3. The van der Waals surface area contributed by atoms with Crippen LogP contribution in [0.5, 0.6) is 0 Å². The molecule has 2 heterocycles. The summed E-state index contributed by atoms with van der Waals surface area (Å²) >= 11 is 1.31. The van der Waals surface area contributed by atoms with Gasteiger partial charge < -0.3 is 10.2 Å². The molecule has 7 nitrogen and oxygen atoms in total. The van der Waals surface area contributed by atoms with Crippen molar-refractivity contribution in [3.63, 3.8) is 0 Å². The first-order valence-electron chi connectivity index (χ1n) is 8.43. The molecule has 1 aliphatic rings. The summed E-state index contributed by atoms with van der Waals surface area (Å²) < 4.78 is 0. The van der Waals surface area contributed by atoms with Crippen LogP contribution in [0.1, 0.15) is 43.7 Å². The third kappa shape index (κ3) is 3.45. The monoisotopic (exact) mass is 372 g/mol. The highest BCUT2D eigenvalue weighted by Crippen LogP contribution is 2.23. The summed E-state index contributed by atoms with van der Waals surface area (Å²) in [5.74, 6) is -0.649. The van der Waals surface area contributed by atoms with E-state index < -0.39 is 0 Å². The van der Waals surface area contributed by atoms with Crippen LogP contribution in [0.2, 0.25) is 0 Å². The van der Waals surface area contributed by atoms with E-state index in [1.807, 2.05) is 6.92 Å². The van der Waals surface area contributed by atoms with Crippen LogP contribution in [-0.2, 0) is 0 Å². The number of imide groups is 1. The first-order valence-corrected chi connectivity index (χ1v) is 9.25. The Hall–Kier alpha value is -2.74. The van der Waals surface area contributed by atoms with Gasteiger partial charge in [-0.15, -0.1) is 0 Å². The van der Waals surface area contributed by atoms with Crippen LogP contribution >= 0.6 is 11.3 Å². The SMILES string of the molecule is CCNc1ncc(C(=O)N(C)CCCN2C(=O)c3ccccc3C2=O)s1. The van der Waals surface area contributed by atoms with Gasteiger partial charge in [0.25, 0.3) is 17.7 Å². The highest BCUT2D eigenvalue weighted by molar-refractivity contribution is 7.17. The van der Waals surface area contributed by atoms with Crippen molar-refractivity contribution >= 4 is 34.2 Å². The number of nitrogens with one attached hydrogen (secondary N) is 1. The second-order valence-corrected chi connectivity index (χ2v) is 6.98. The number of benzene rings is 1. The minimum Gasteiger partial charge on any atom is -0.362 e. The molecule has 3 amide bonds. The van der Waals surface area contributed by atoms with Crippen molar-refractivity contribution < 1.29 is 14.4 Å². The molecule has 0 fully saturated rings. The van der Waals surface area contributed by atoms with Crippen molar-refractivity contribution in [2.75, 3.05) is 32.0 Å². The van der Waals surface area contributed by atoms with Gasteiger partial charge in [-0.25, -0.2) is 4.98 Å². The fourth-order valence-corrected chi connectivity index (χ4v) is 3.68. The van der Waals surface area contributed by atoms with E-state index in [-0.39, 0.29) is 24.3 Å². The zero-order chi connectivity index (χ0) is 18.7. The van der Waals surface area contributed by atoms with Crippen LogP contribution in [0.15, 0.2) is 30.5 Å². The number of fused-ring (bicyclic) bond motifs is 1. The molecular weight excluding hydrogens is 352 g/mol. The third-order valence-electron chi connectivity index (χ3n) is 4.14. The van der Waals surface area contributed by atoms with Crippen molar-refractivity contribution in [2.24, 2.45) is 0 Å². The maximum absolute atomic E-state index is 12.4. The summed E-state index contributed by atoms with van der Waals surface area (Å²) in [6, 6.07) is 6.82. The van der Waals surface area contributed by atoms with Gasteiger partial charge in [0.15, 0.2) is 5.13 Å². The van der Waals surface area contributed by atoms with E-state index in [2.05, 4.69) is 10.3 Å². The molecule has 136 valence electrons. The molecule has 2 aromatic rings. The number of aromatic nitrogens is 1. The van der Waals surface area contributed by atoms with E-state index >= 15 is 0 Å². The van der Waals surface area contributed by atoms with E-state index in [1.54, 1.807) is 42.4 Å². The maximum Gasteiger partial charge on any atom is 0.265 e. The summed E-state index contributed by atoms with van der Waals surface area (Å²) in [5, 5.41) is 3.79. The number of hydrogen-bond donors (Lipinski definition) is 1. The quantitative estimate of drug-likeness (QED) is 0.755. The van der Waals surface area contributed by atoms with Gasteiger partial charge in [-0.2, -0.15) is 0 Å². The lowest BCUT2D eigenvalue weighted by molar-refractivity contribution is 0.0646. The Kier molecular flexibility index (Phi) is 5.32. The van der Waals surface area contributed by atoms with Gasteiger partial charge in [-0.3, -0.25) is 19.3 Å². The fourth-order valence-electron chi connectivity index (χ4n) is 2.80. The molecule has 1 aromatic carbocycles. The maximum atomic E-state index is 12.4. The average molecular weight is 372 g/mol. The van der Waals surface area contributed by atoms with Crippen LogP contribution in [0.3, 0.4) is 0 Å². The molecule has 0 saturated carbocycles. The van der Waals surface area contributed by atoms with Gasteiger partial charge in [-0.1, -0.05) is 23.5 Å². The largest absolute Gasteiger partial charge is 0.362 e. The predicted octanol–water partition coefficient (Wildman–Crippen LogP) is 2.33. The van der Waals surface area contributed by atoms with Crippen LogP contribution in [0, 0.1) is 0 Å². The standard InChI is InChI=1S/C18H20N4O3S/c1-3-19-18-20-11-14(26-18)17(25)21(2)9-6-10-22-15(23)12-7-4-5-8-13(12)16(22)24/h4-5,7-8,11H,3,6,9-10H2,1-2H3,(H,19,20). The number of carbonyl (C=O) groups excluding carboxylic acids is 3. The van der Waals surface area contributed by atoms with E-state index in [0.717, 1.165) is 11.7 Å². The number of thiazole rings is 1. The summed E-state index contributed by atoms with van der Waals surface area (Å²) in [7, 11) is 1.71. The van der Waals surface area contributed by atoms with Gasteiger partial charge in [0.05, 0.1) is 17.3 Å². The summed E-state index contributed by atoms with van der Waals surface area (Å²) in [5.41, 5.74) is 0.894. The Labute approximate surface area is 155 Å². The zero-order valence-corrected chi connectivity index (χ0v) is 15.5. The molecular formula is C18H20N4O3S. The number of hydrogen-bond acceptors (Lipinski definition) is 6. The first-order chi connectivity index (χ1) is 12.5. The van der Waals surface area contributed by atoms with Crippen molar-refractivity contribution in [3.8, 4) is 0 Å². The van der Waals surface area contributed by atoms with Crippen molar-refractivity contribution in [1.82, 2.24) is 14.8 Å². The smallest absolute Gasteiger partial charge is 0.265 e. The predicted molar refractivity (Wildman–Crippen MR) is 99.7 cm³/mol. The molecule has 0 atom stereocenters. The lowest BCUT2D eigenvalue weighted by atomic mass is 10.1. The summed E-state index contributed by atoms with van der Waals surface area (Å²) in [4.78, 5) is 44.6. The molecule has 3 rings (SSSR count). The number of rotatable bonds is 7. The Morgan fingerprint density at radius 1 is 1.23 bits per heavy atom. The van der Waals surface area contributed by atoms with Gasteiger partial charge in [-0.05, 0) is 25.5 Å². The minimum absolute atomic E-state index is 0.117. The van der Waals surface area contributed by atoms with Gasteiger partial charge in [0, 0.05) is 26.7 Å². The Balaban J connectivity index is 1.54. The van der Waals surface area contributed by atoms with E-state index in [1.165, 1.54) is 16.2 Å². The highest BCUT2D eigenvalue weighted by atomic mass is 32.1. The van der Waals surface area contributed by atoms with Crippen molar-refractivity contribution in [2.45, 2.75) is 13.3 Å². The first kappa shape index (κ1) is 18.1. The van der Waals surface area contributed by atoms with Crippen LogP contribution in [0.4, 0.5) is 5.13 Å². The van der Waals surface area contributed by atoms with Crippen molar-refractivity contribution in [3.05, 3.63) is 46.5 Å².